The zero-order valence-electron chi connectivity index (χ0n) is 6.26. The minimum atomic E-state index is -4.40. The van der Waals surface area contributed by atoms with Crippen LogP contribution in [0.5, 0.6) is 5.88 Å². The van der Waals surface area contributed by atoms with Gasteiger partial charge >= 0.3 is 6.18 Å². The SMILES string of the molecule is O=c1ccc(OCC(F)(F)F)n[nH]1. The van der Waals surface area contributed by atoms with Crippen LogP contribution in [-0.4, -0.2) is 23.0 Å². The van der Waals surface area contributed by atoms with E-state index in [2.05, 4.69) is 9.84 Å². The molecule has 0 aliphatic carbocycles. The first kappa shape index (κ1) is 9.56. The van der Waals surface area contributed by atoms with Crippen molar-refractivity contribution in [2.24, 2.45) is 0 Å². The number of hydrogen-bond acceptors (Lipinski definition) is 3. The molecule has 1 aromatic rings. The molecule has 1 heterocycles. The maximum absolute atomic E-state index is 11.6. The molecule has 4 nitrogen and oxygen atoms in total. The maximum Gasteiger partial charge on any atom is 0.422 e. The van der Waals surface area contributed by atoms with Crippen LogP contribution in [0.2, 0.25) is 0 Å². The van der Waals surface area contributed by atoms with Crippen LogP contribution in [0.15, 0.2) is 16.9 Å². The summed E-state index contributed by atoms with van der Waals surface area (Å²) in [6, 6.07) is 2.09. The number of halogens is 3. The van der Waals surface area contributed by atoms with Gasteiger partial charge in [-0.3, -0.25) is 4.79 Å². The van der Waals surface area contributed by atoms with Crippen molar-refractivity contribution in [2.75, 3.05) is 6.61 Å². The molecule has 0 aromatic carbocycles. The summed E-state index contributed by atoms with van der Waals surface area (Å²) >= 11 is 0. The highest BCUT2D eigenvalue weighted by Gasteiger charge is 2.28. The predicted molar refractivity (Wildman–Crippen MR) is 36.4 cm³/mol. The number of rotatable bonds is 2. The lowest BCUT2D eigenvalue weighted by molar-refractivity contribution is -0.154. The Morgan fingerprint density at radius 2 is 2.15 bits per heavy atom. The Kier molecular flexibility index (Phi) is 2.54. The summed E-state index contributed by atoms with van der Waals surface area (Å²) in [5.74, 6) is -0.267. The van der Waals surface area contributed by atoms with Crippen LogP contribution in [0, 0.1) is 0 Å². The number of aromatic nitrogens is 2. The molecule has 0 unspecified atom stereocenters. The summed E-state index contributed by atoms with van der Waals surface area (Å²) in [5.41, 5.74) is -0.501. The van der Waals surface area contributed by atoms with Gasteiger partial charge in [-0.05, 0) is 0 Å². The third kappa shape index (κ3) is 3.59. The number of ether oxygens (including phenoxy) is 1. The first-order valence-corrected chi connectivity index (χ1v) is 3.23. The van der Waals surface area contributed by atoms with Gasteiger partial charge in [0.1, 0.15) is 0 Å². The van der Waals surface area contributed by atoms with E-state index in [0.717, 1.165) is 12.1 Å². The van der Waals surface area contributed by atoms with Crippen LogP contribution in [0.4, 0.5) is 13.2 Å². The fourth-order valence-electron chi connectivity index (χ4n) is 0.568. The van der Waals surface area contributed by atoms with Crippen molar-refractivity contribution < 1.29 is 17.9 Å². The molecule has 0 amide bonds. The van der Waals surface area contributed by atoms with Crippen molar-refractivity contribution in [3.8, 4) is 5.88 Å². The molecule has 0 saturated carbocycles. The molecule has 0 spiro atoms. The van der Waals surface area contributed by atoms with E-state index in [-0.39, 0.29) is 5.88 Å². The maximum atomic E-state index is 11.6. The normalized spacial score (nSPS) is 11.3. The zero-order chi connectivity index (χ0) is 9.90. The van der Waals surface area contributed by atoms with Crippen LogP contribution in [-0.2, 0) is 0 Å². The number of nitrogens with zero attached hydrogens (tertiary/aromatic N) is 1. The third-order valence-electron chi connectivity index (χ3n) is 1.04. The molecular weight excluding hydrogens is 189 g/mol. The summed E-state index contributed by atoms with van der Waals surface area (Å²) in [6.45, 7) is -1.42. The average Bonchev–Trinajstić information content (AvgIpc) is 2.02. The van der Waals surface area contributed by atoms with Gasteiger partial charge in [0.2, 0.25) is 5.88 Å². The van der Waals surface area contributed by atoms with Gasteiger partial charge in [-0.1, -0.05) is 0 Å². The molecule has 1 aromatic heterocycles. The van der Waals surface area contributed by atoms with E-state index in [9.17, 15) is 18.0 Å². The van der Waals surface area contributed by atoms with Gasteiger partial charge < -0.3 is 4.74 Å². The topological polar surface area (TPSA) is 55.0 Å². The summed E-state index contributed by atoms with van der Waals surface area (Å²) < 4.78 is 39.0. The van der Waals surface area contributed by atoms with Gasteiger partial charge in [-0.25, -0.2) is 5.10 Å². The summed E-state index contributed by atoms with van der Waals surface area (Å²) in [5, 5.41) is 5.16. The Morgan fingerprint density at radius 1 is 1.46 bits per heavy atom. The number of hydrogen-bond donors (Lipinski definition) is 1. The molecule has 0 radical (unpaired) electrons. The smallest absolute Gasteiger partial charge is 0.422 e. The van der Waals surface area contributed by atoms with Crippen molar-refractivity contribution in [3.05, 3.63) is 22.5 Å². The number of nitrogens with one attached hydrogen (secondary N) is 1. The first-order valence-electron chi connectivity index (χ1n) is 3.23. The molecule has 72 valence electrons. The highest BCUT2D eigenvalue weighted by Crippen LogP contribution is 2.15. The molecule has 1 rings (SSSR count). The second-order valence-electron chi connectivity index (χ2n) is 2.16. The molecule has 0 bridgehead atoms. The van der Waals surface area contributed by atoms with Gasteiger partial charge in [-0.2, -0.15) is 13.2 Å². The Labute approximate surface area is 70.3 Å². The molecule has 7 heteroatoms. The van der Waals surface area contributed by atoms with Gasteiger partial charge in [0.25, 0.3) is 5.56 Å². The van der Waals surface area contributed by atoms with Crippen molar-refractivity contribution in [3.63, 3.8) is 0 Å². The lowest BCUT2D eigenvalue weighted by atomic mass is 10.5. The highest BCUT2D eigenvalue weighted by molar-refractivity contribution is 5.05. The molecule has 0 atom stereocenters. The lowest BCUT2D eigenvalue weighted by Crippen LogP contribution is -2.20. The first-order chi connectivity index (χ1) is 5.97. The number of H-pyrrole nitrogens is 1. The second-order valence-corrected chi connectivity index (χ2v) is 2.16. The zero-order valence-corrected chi connectivity index (χ0v) is 6.26. The molecule has 13 heavy (non-hydrogen) atoms. The summed E-state index contributed by atoms with van der Waals surface area (Å²) in [7, 11) is 0. The minimum absolute atomic E-state index is 0.267. The molecule has 1 N–H and O–H groups in total. The van der Waals surface area contributed by atoms with Crippen LogP contribution in [0.1, 0.15) is 0 Å². The van der Waals surface area contributed by atoms with E-state index < -0.39 is 18.3 Å². The van der Waals surface area contributed by atoms with Crippen molar-refractivity contribution >= 4 is 0 Å². The van der Waals surface area contributed by atoms with Crippen molar-refractivity contribution in [1.29, 1.82) is 0 Å². The molecule has 0 aliphatic rings. The Hall–Kier alpha value is -1.53. The largest absolute Gasteiger partial charge is 0.467 e. The van der Waals surface area contributed by atoms with E-state index in [0.29, 0.717) is 0 Å². The second kappa shape index (κ2) is 3.46. The Balaban J connectivity index is 2.56. The molecule has 0 aliphatic heterocycles. The van der Waals surface area contributed by atoms with Gasteiger partial charge in [0.05, 0.1) is 0 Å². The Morgan fingerprint density at radius 3 is 2.62 bits per heavy atom. The monoisotopic (exact) mass is 194 g/mol. The Bertz CT molecular complexity index is 313. The number of alkyl halides is 3. The molecule has 0 fully saturated rings. The van der Waals surface area contributed by atoms with E-state index in [1.807, 2.05) is 5.10 Å². The molecular formula is C6H5F3N2O2. The highest BCUT2D eigenvalue weighted by atomic mass is 19.4. The number of aromatic amines is 1. The minimum Gasteiger partial charge on any atom is -0.467 e. The van der Waals surface area contributed by atoms with Crippen molar-refractivity contribution in [2.45, 2.75) is 6.18 Å². The van der Waals surface area contributed by atoms with Crippen LogP contribution in [0.3, 0.4) is 0 Å². The standard InChI is InChI=1S/C6H5F3N2O2/c7-6(8,9)3-13-5-2-1-4(12)10-11-5/h1-2H,3H2,(H,10,12). The van der Waals surface area contributed by atoms with Crippen LogP contribution < -0.4 is 10.3 Å². The van der Waals surface area contributed by atoms with E-state index in [4.69, 9.17) is 0 Å². The summed E-state index contributed by atoms with van der Waals surface area (Å²) in [4.78, 5) is 10.4. The van der Waals surface area contributed by atoms with Crippen LogP contribution >= 0.6 is 0 Å². The third-order valence-corrected chi connectivity index (χ3v) is 1.04. The van der Waals surface area contributed by atoms with E-state index >= 15 is 0 Å². The summed E-state index contributed by atoms with van der Waals surface area (Å²) in [6.07, 6.45) is -4.40. The van der Waals surface area contributed by atoms with Gasteiger partial charge in [0.15, 0.2) is 6.61 Å². The van der Waals surface area contributed by atoms with Crippen LogP contribution in [0.25, 0.3) is 0 Å². The van der Waals surface area contributed by atoms with Gasteiger partial charge in [0, 0.05) is 12.1 Å². The van der Waals surface area contributed by atoms with Gasteiger partial charge in [-0.15, -0.1) is 5.10 Å². The molecule has 0 saturated heterocycles. The van der Waals surface area contributed by atoms with Crippen molar-refractivity contribution in [1.82, 2.24) is 10.2 Å². The van der Waals surface area contributed by atoms with E-state index in [1.165, 1.54) is 0 Å². The fourth-order valence-corrected chi connectivity index (χ4v) is 0.568. The fraction of sp³-hybridized carbons (Fsp3) is 0.333. The van der Waals surface area contributed by atoms with E-state index in [1.54, 1.807) is 0 Å². The quantitative estimate of drug-likeness (QED) is 0.754. The predicted octanol–water partition coefficient (Wildman–Crippen LogP) is 0.711. The lowest BCUT2D eigenvalue weighted by Gasteiger charge is -2.06. The average molecular weight is 194 g/mol.